The van der Waals surface area contributed by atoms with Gasteiger partial charge in [0.15, 0.2) is 5.60 Å². The summed E-state index contributed by atoms with van der Waals surface area (Å²) in [6, 6.07) is 14.1. The molecule has 5 aromatic rings. The summed E-state index contributed by atoms with van der Waals surface area (Å²) >= 11 is 0. The second-order valence-electron chi connectivity index (χ2n) is 11.6. The highest BCUT2D eigenvalue weighted by molar-refractivity contribution is 5.91. The van der Waals surface area contributed by atoms with Crippen molar-refractivity contribution in [2.45, 2.75) is 57.9 Å². The average Bonchev–Trinajstić information content (AvgIpc) is 3.55. The Bertz CT molecular complexity index is 2090. The number of nitrogens with zero attached hydrogens (tertiary/aromatic N) is 3. The van der Waals surface area contributed by atoms with Gasteiger partial charge in [-0.15, -0.1) is 0 Å². The van der Waals surface area contributed by atoms with E-state index in [4.69, 9.17) is 20.2 Å². The van der Waals surface area contributed by atoms with Gasteiger partial charge in [0.2, 0.25) is 0 Å². The molecule has 2 aromatic carbocycles. The molecule has 0 fully saturated rings. The Kier molecular flexibility index (Phi) is 6.45. The number of cyclic esters (lactones) is 1. The SMILES string of the molecule is CCc1c2c(nc3ccc(OC(=O)[C@H](N)Cc4cn(C)c5ccccc45)cc13)-c1cc3c(c(=O)n1C2)COC(=O)[C@@]3(O)CC. The van der Waals surface area contributed by atoms with Crippen molar-refractivity contribution in [2.24, 2.45) is 12.8 Å². The lowest BCUT2D eigenvalue weighted by Crippen LogP contribution is -2.44. The number of hydrogen-bond acceptors (Lipinski definition) is 8. The molecule has 5 heterocycles. The molecule has 7 rings (SSSR count). The highest BCUT2D eigenvalue weighted by atomic mass is 16.6. The topological polar surface area (TPSA) is 139 Å². The van der Waals surface area contributed by atoms with E-state index in [0.29, 0.717) is 42.0 Å². The first-order valence-electron chi connectivity index (χ1n) is 14.8. The van der Waals surface area contributed by atoms with Gasteiger partial charge < -0.3 is 29.4 Å². The molecule has 224 valence electrons. The number of benzene rings is 2. The van der Waals surface area contributed by atoms with Crippen molar-refractivity contribution in [1.29, 1.82) is 0 Å². The summed E-state index contributed by atoms with van der Waals surface area (Å²) in [6.07, 6.45) is 3.04. The number of carbonyl (C=O) groups is 2. The van der Waals surface area contributed by atoms with E-state index in [2.05, 4.69) is 0 Å². The number of fused-ring (bicyclic) bond motifs is 6. The highest BCUT2D eigenvalue weighted by Gasteiger charge is 2.45. The number of rotatable bonds is 6. The smallest absolute Gasteiger partial charge is 0.343 e. The summed E-state index contributed by atoms with van der Waals surface area (Å²) in [4.78, 5) is 44.1. The molecule has 3 aromatic heterocycles. The largest absolute Gasteiger partial charge is 0.458 e. The number of hydrogen-bond donors (Lipinski definition) is 2. The van der Waals surface area contributed by atoms with Crippen LogP contribution < -0.4 is 16.0 Å². The molecule has 2 atom stereocenters. The van der Waals surface area contributed by atoms with Crippen LogP contribution in [-0.2, 0) is 53.0 Å². The van der Waals surface area contributed by atoms with E-state index >= 15 is 0 Å². The second kappa shape index (κ2) is 10.1. The van der Waals surface area contributed by atoms with E-state index in [9.17, 15) is 19.5 Å². The summed E-state index contributed by atoms with van der Waals surface area (Å²) in [5.41, 5.74) is 10.4. The van der Waals surface area contributed by atoms with E-state index in [-0.39, 0.29) is 29.7 Å². The maximum absolute atomic E-state index is 13.6. The minimum Gasteiger partial charge on any atom is -0.458 e. The Hall–Kier alpha value is -4.80. The Balaban J connectivity index is 1.22. The van der Waals surface area contributed by atoms with Gasteiger partial charge in [-0.1, -0.05) is 32.0 Å². The van der Waals surface area contributed by atoms with Crippen molar-refractivity contribution in [3.8, 4) is 17.1 Å². The fourth-order valence-electron chi connectivity index (χ4n) is 6.71. The Morgan fingerprint density at radius 3 is 2.70 bits per heavy atom. The van der Waals surface area contributed by atoms with Crippen LogP contribution in [0.2, 0.25) is 0 Å². The third kappa shape index (κ3) is 4.09. The average molecular weight is 593 g/mol. The van der Waals surface area contributed by atoms with Gasteiger partial charge in [-0.25, -0.2) is 14.6 Å². The molecule has 10 heteroatoms. The van der Waals surface area contributed by atoms with Gasteiger partial charge in [-0.2, -0.15) is 0 Å². The number of esters is 2. The molecule has 2 aliphatic heterocycles. The quantitative estimate of drug-likeness (QED) is 0.221. The molecule has 0 radical (unpaired) electrons. The van der Waals surface area contributed by atoms with E-state index < -0.39 is 23.6 Å². The maximum atomic E-state index is 13.6. The van der Waals surface area contributed by atoms with Gasteiger partial charge in [-0.3, -0.25) is 4.79 Å². The second-order valence-corrected chi connectivity index (χ2v) is 11.6. The maximum Gasteiger partial charge on any atom is 0.343 e. The molecule has 2 aliphatic rings. The number of nitrogens with two attached hydrogens (primary N) is 1. The van der Waals surface area contributed by atoms with E-state index in [1.807, 2.05) is 49.0 Å². The molecule has 0 saturated heterocycles. The molecule has 0 aliphatic carbocycles. The van der Waals surface area contributed by atoms with Crippen LogP contribution in [0.15, 0.2) is 59.5 Å². The molecule has 0 bridgehead atoms. The Labute approximate surface area is 252 Å². The third-order valence-electron chi connectivity index (χ3n) is 9.07. The first-order chi connectivity index (χ1) is 21.1. The summed E-state index contributed by atoms with van der Waals surface area (Å²) in [5.74, 6) is -0.928. The number of para-hydroxylation sites is 1. The predicted octanol–water partition coefficient (Wildman–Crippen LogP) is 3.61. The molecule has 3 N–H and O–H groups in total. The van der Waals surface area contributed by atoms with Crippen LogP contribution in [0.3, 0.4) is 0 Å². The zero-order valence-electron chi connectivity index (χ0n) is 24.7. The van der Waals surface area contributed by atoms with Crippen molar-refractivity contribution < 1.29 is 24.2 Å². The lowest BCUT2D eigenvalue weighted by Gasteiger charge is -2.31. The standard InChI is InChI=1S/C34H32N4O6/c1-4-20-22-13-19(44-32(40)26(35)12-18-15-37(3)28-9-7-6-8-21(18)28)10-11-27(22)36-30-23(20)16-38-29(30)14-25-24(31(38)39)17-43-33(41)34(25,42)5-2/h6-11,13-15,26,42H,4-5,12,16-17,35H2,1-3H3/t26-,34-/m1/s1. The lowest BCUT2D eigenvalue weighted by atomic mass is 9.86. The third-order valence-corrected chi connectivity index (χ3v) is 9.07. The fraction of sp³-hybridized carbons (Fsp3) is 0.294. The monoisotopic (exact) mass is 592 g/mol. The molecular formula is C34H32N4O6. The van der Waals surface area contributed by atoms with Crippen molar-refractivity contribution in [3.63, 3.8) is 0 Å². The van der Waals surface area contributed by atoms with Crippen LogP contribution in [0.25, 0.3) is 33.2 Å². The van der Waals surface area contributed by atoms with Crippen LogP contribution in [0.1, 0.15) is 48.1 Å². The van der Waals surface area contributed by atoms with Crippen LogP contribution >= 0.6 is 0 Å². The normalized spacial score (nSPS) is 17.7. The van der Waals surface area contributed by atoms with Crippen molar-refractivity contribution in [2.75, 3.05) is 0 Å². The molecule has 10 nitrogen and oxygen atoms in total. The number of carbonyl (C=O) groups excluding carboxylic acids is 2. The molecule has 0 unspecified atom stereocenters. The number of ether oxygens (including phenoxy) is 2. The summed E-state index contributed by atoms with van der Waals surface area (Å²) in [6.45, 7) is 3.81. The lowest BCUT2D eigenvalue weighted by molar-refractivity contribution is -0.172. The van der Waals surface area contributed by atoms with E-state index in [1.54, 1.807) is 35.8 Å². The highest BCUT2D eigenvalue weighted by Crippen LogP contribution is 2.40. The van der Waals surface area contributed by atoms with Gasteiger partial charge in [0.25, 0.3) is 5.56 Å². The molecule has 0 saturated carbocycles. The first-order valence-corrected chi connectivity index (χ1v) is 14.8. The van der Waals surface area contributed by atoms with Gasteiger partial charge >= 0.3 is 11.9 Å². The van der Waals surface area contributed by atoms with Crippen LogP contribution in [0, 0.1) is 0 Å². The zero-order chi connectivity index (χ0) is 30.9. The van der Waals surface area contributed by atoms with Gasteiger partial charge in [0.1, 0.15) is 18.4 Å². The number of aromatic nitrogens is 3. The minimum absolute atomic E-state index is 0.0764. The van der Waals surface area contributed by atoms with Gasteiger partial charge in [0, 0.05) is 47.1 Å². The first kappa shape index (κ1) is 28.0. The zero-order valence-corrected chi connectivity index (χ0v) is 24.7. The Morgan fingerprint density at radius 2 is 1.93 bits per heavy atom. The van der Waals surface area contributed by atoms with Gasteiger partial charge in [-0.05, 0) is 54.3 Å². The fourth-order valence-corrected chi connectivity index (χ4v) is 6.71. The minimum atomic E-state index is -1.89. The molecule has 0 spiro atoms. The van der Waals surface area contributed by atoms with Crippen molar-refractivity contribution in [3.05, 3.63) is 92.9 Å². The van der Waals surface area contributed by atoms with Crippen LogP contribution in [-0.4, -0.2) is 37.2 Å². The predicted molar refractivity (Wildman–Crippen MR) is 164 cm³/mol. The van der Waals surface area contributed by atoms with Crippen molar-refractivity contribution >= 4 is 33.7 Å². The van der Waals surface area contributed by atoms with Gasteiger partial charge in [0.05, 0.1) is 29.0 Å². The molecule has 0 amide bonds. The summed E-state index contributed by atoms with van der Waals surface area (Å²) in [5, 5.41) is 13.0. The van der Waals surface area contributed by atoms with Crippen molar-refractivity contribution in [1.82, 2.24) is 14.1 Å². The van der Waals surface area contributed by atoms with E-state index in [1.165, 1.54) is 0 Å². The number of aliphatic hydroxyl groups is 1. The molecule has 44 heavy (non-hydrogen) atoms. The number of aryl methyl sites for hydroxylation is 2. The summed E-state index contributed by atoms with van der Waals surface area (Å²) < 4.78 is 14.6. The van der Waals surface area contributed by atoms with Crippen LogP contribution in [0.5, 0.6) is 5.75 Å². The Morgan fingerprint density at radius 1 is 1.14 bits per heavy atom. The van der Waals surface area contributed by atoms with E-state index in [0.717, 1.165) is 33.0 Å². The number of pyridine rings is 2. The van der Waals surface area contributed by atoms with Crippen LogP contribution in [0.4, 0.5) is 0 Å². The molecular weight excluding hydrogens is 560 g/mol. The summed E-state index contributed by atoms with van der Waals surface area (Å²) in [7, 11) is 1.96.